The Morgan fingerprint density at radius 3 is 2.38 bits per heavy atom. The summed E-state index contributed by atoms with van der Waals surface area (Å²) in [5.74, 6) is 0.567. The van der Waals surface area contributed by atoms with Crippen molar-refractivity contribution in [2.75, 3.05) is 5.33 Å². The summed E-state index contributed by atoms with van der Waals surface area (Å²) in [7, 11) is 0. The Kier molecular flexibility index (Phi) is 2.40. The number of carbonyl (C=O) groups is 1. The van der Waals surface area contributed by atoms with Crippen molar-refractivity contribution in [2.24, 2.45) is 22.7 Å². The Labute approximate surface area is 105 Å². The Morgan fingerprint density at radius 2 is 1.88 bits per heavy atom. The zero-order valence-corrected chi connectivity index (χ0v) is 11.1. The highest BCUT2D eigenvalue weighted by Gasteiger charge is 2.57. The van der Waals surface area contributed by atoms with Gasteiger partial charge in [-0.15, -0.1) is 0 Å². The lowest BCUT2D eigenvalue weighted by atomic mass is 9.43. The van der Waals surface area contributed by atoms with E-state index in [1.807, 2.05) is 0 Å². The lowest BCUT2D eigenvalue weighted by molar-refractivity contribution is -0.329. The van der Waals surface area contributed by atoms with Crippen molar-refractivity contribution in [2.45, 2.75) is 44.9 Å². The smallest absolute Gasteiger partial charge is 0.0476 e. The molecule has 16 heavy (non-hydrogen) atoms. The number of carbonyl (C=O) groups excluding carboxylic acids is 1. The topological polar surface area (TPSA) is 40.1 Å². The highest BCUT2D eigenvalue weighted by atomic mass is 79.9. The number of carboxylic acid groups (broad SMARTS) is 1. The number of hydrogen-bond acceptors (Lipinski definition) is 2. The highest BCUT2D eigenvalue weighted by molar-refractivity contribution is 9.09. The maximum absolute atomic E-state index is 11.5. The minimum atomic E-state index is -0.763. The van der Waals surface area contributed by atoms with Crippen molar-refractivity contribution < 1.29 is 9.90 Å². The van der Waals surface area contributed by atoms with Crippen molar-refractivity contribution in [3.05, 3.63) is 0 Å². The van der Waals surface area contributed by atoms with E-state index in [9.17, 15) is 9.90 Å². The molecule has 4 saturated carbocycles. The third kappa shape index (κ3) is 1.47. The number of aliphatic carboxylic acids is 1. The minimum absolute atomic E-state index is 0.327. The van der Waals surface area contributed by atoms with Gasteiger partial charge in [-0.25, -0.2) is 0 Å². The molecular weight excluding hydrogens is 268 g/mol. The van der Waals surface area contributed by atoms with E-state index in [1.165, 1.54) is 19.3 Å². The summed E-state index contributed by atoms with van der Waals surface area (Å²) in [5.41, 5.74) is -0.125. The van der Waals surface area contributed by atoms with Crippen LogP contribution in [0.5, 0.6) is 0 Å². The van der Waals surface area contributed by atoms with E-state index < -0.39 is 11.4 Å². The zero-order valence-electron chi connectivity index (χ0n) is 9.51. The predicted molar refractivity (Wildman–Crippen MR) is 63.0 cm³/mol. The average molecular weight is 286 g/mol. The molecule has 0 aromatic rings. The molecule has 0 saturated heterocycles. The fourth-order valence-electron chi connectivity index (χ4n) is 5.18. The van der Waals surface area contributed by atoms with Crippen LogP contribution in [0.15, 0.2) is 0 Å². The van der Waals surface area contributed by atoms with Crippen LogP contribution in [0.25, 0.3) is 0 Å². The standard InChI is InChI=1S/C13H19BrO2/c14-2-1-12-4-9-3-10(5-12)7-13(6-9,8-12)11(15)16/h9-10H,1-8H2,(H,15,16)/p-1. The highest BCUT2D eigenvalue weighted by Crippen LogP contribution is 2.66. The molecule has 90 valence electrons. The monoisotopic (exact) mass is 285 g/mol. The Morgan fingerprint density at radius 1 is 1.25 bits per heavy atom. The van der Waals surface area contributed by atoms with Gasteiger partial charge in [-0.3, -0.25) is 0 Å². The molecule has 0 aromatic heterocycles. The van der Waals surface area contributed by atoms with Crippen LogP contribution in [0.2, 0.25) is 0 Å². The van der Waals surface area contributed by atoms with Crippen molar-refractivity contribution in [1.82, 2.24) is 0 Å². The molecular formula is C13H18BrO2-. The molecule has 0 heterocycles. The maximum Gasteiger partial charge on any atom is 0.0476 e. The van der Waals surface area contributed by atoms with Crippen molar-refractivity contribution in [3.8, 4) is 0 Å². The first-order chi connectivity index (χ1) is 7.57. The predicted octanol–water partition coefficient (Wildman–Crippen LogP) is 2.11. The fourth-order valence-corrected chi connectivity index (χ4v) is 6.03. The van der Waals surface area contributed by atoms with E-state index in [4.69, 9.17) is 0 Å². The molecule has 4 aliphatic carbocycles. The summed E-state index contributed by atoms with van der Waals surface area (Å²) in [6, 6.07) is 0. The van der Waals surface area contributed by atoms with Crippen LogP contribution in [-0.2, 0) is 4.79 Å². The van der Waals surface area contributed by atoms with Gasteiger partial charge in [-0.1, -0.05) is 15.9 Å². The van der Waals surface area contributed by atoms with Gasteiger partial charge in [0.1, 0.15) is 0 Å². The number of alkyl halides is 1. The lowest BCUT2D eigenvalue weighted by Gasteiger charge is -2.62. The first-order valence-corrected chi connectivity index (χ1v) is 7.47. The Hall–Kier alpha value is -0.0500. The van der Waals surface area contributed by atoms with Crippen molar-refractivity contribution in [1.29, 1.82) is 0 Å². The van der Waals surface area contributed by atoms with Gasteiger partial charge in [-0.05, 0) is 62.2 Å². The van der Waals surface area contributed by atoms with E-state index in [-0.39, 0.29) is 0 Å². The van der Waals surface area contributed by atoms with Crippen LogP contribution < -0.4 is 5.11 Å². The number of hydrogen-bond donors (Lipinski definition) is 0. The van der Waals surface area contributed by atoms with Gasteiger partial charge >= 0.3 is 0 Å². The zero-order chi connectivity index (χ0) is 11.4. The summed E-state index contributed by atoms with van der Waals surface area (Å²) >= 11 is 3.53. The van der Waals surface area contributed by atoms with Gasteiger partial charge in [0.25, 0.3) is 0 Å². The molecule has 0 spiro atoms. The van der Waals surface area contributed by atoms with Crippen LogP contribution in [-0.4, -0.2) is 11.3 Å². The Bertz CT molecular complexity index is 312. The van der Waals surface area contributed by atoms with E-state index in [2.05, 4.69) is 15.9 Å². The van der Waals surface area contributed by atoms with Crippen LogP contribution in [0.4, 0.5) is 0 Å². The van der Waals surface area contributed by atoms with Crippen LogP contribution >= 0.6 is 15.9 Å². The van der Waals surface area contributed by atoms with Crippen LogP contribution in [0, 0.1) is 22.7 Å². The summed E-state index contributed by atoms with van der Waals surface area (Å²) < 4.78 is 0. The molecule has 0 amide bonds. The molecule has 0 aliphatic heterocycles. The molecule has 2 atom stereocenters. The van der Waals surface area contributed by atoms with Gasteiger partial charge in [0, 0.05) is 16.7 Å². The van der Waals surface area contributed by atoms with Crippen molar-refractivity contribution >= 4 is 21.9 Å². The molecule has 4 bridgehead atoms. The van der Waals surface area contributed by atoms with E-state index >= 15 is 0 Å². The maximum atomic E-state index is 11.5. The van der Waals surface area contributed by atoms with Crippen LogP contribution in [0.1, 0.15) is 44.9 Å². The average Bonchev–Trinajstić information content (AvgIpc) is 2.14. The molecule has 0 radical (unpaired) electrons. The second-order valence-corrected chi connectivity index (χ2v) is 7.26. The number of carboxylic acids is 1. The van der Waals surface area contributed by atoms with Crippen LogP contribution in [0.3, 0.4) is 0 Å². The van der Waals surface area contributed by atoms with Gasteiger partial charge in [-0.2, -0.15) is 0 Å². The summed E-state index contributed by atoms with van der Waals surface area (Å²) in [4.78, 5) is 11.5. The van der Waals surface area contributed by atoms with E-state index in [0.717, 1.165) is 31.0 Å². The van der Waals surface area contributed by atoms with Crippen molar-refractivity contribution in [3.63, 3.8) is 0 Å². The van der Waals surface area contributed by atoms with E-state index in [1.54, 1.807) is 0 Å². The molecule has 2 nitrogen and oxygen atoms in total. The summed E-state index contributed by atoms with van der Waals surface area (Å²) in [5, 5.41) is 12.5. The fraction of sp³-hybridized carbons (Fsp3) is 0.923. The largest absolute Gasteiger partial charge is 0.550 e. The van der Waals surface area contributed by atoms with Gasteiger partial charge in [0.05, 0.1) is 0 Å². The molecule has 0 aromatic carbocycles. The summed E-state index contributed by atoms with van der Waals surface area (Å²) in [6.45, 7) is 0. The third-order valence-electron chi connectivity index (χ3n) is 5.24. The lowest BCUT2D eigenvalue weighted by Crippen LogP contribution is -2.58. The first kappa shape index (κ1) is 11.1. The summed E-state index contributed by atoms with van der Waals surface area (Å²) in [6.07, 6.45) is 7.65. The molecule has 0 N–H and O–H groups in total. The normalized spacial score (nSPS) is 49.6. The molecule has 4 fully saturated rings. The van der Waals surface area contributed by atoms with Gasteiger partial charge < -0.3 is 9.90 Å². The molecule has 2 unspecified atom stereocenters. The second kappa shape index (κ2) is 3.47. The third-order valence-corrected chi connectivity index (χ3v) is 5.64. The number of rotatable bonds is 3. The quantitative estimate of drug-likeness (QED) is 0.745. The molecule has 4 rings (SSSR count). The minimum Gasteiger partial charge on any atom is -0.550 e. The molecule has 4 aliphatic rings. The number of halogens is 1. The molecule has 3 heteroatoms. The van der Waals surface area contributed by atoms with Gasteiger partial charge in [0.15, 0.2) is 0 Å². The second-order valence-electron chi connectivity index (χ2n) is 6.47. The Balaban J connectivity index is 1.93. The SMILES string of the molecule is O=C([O-])C12CC3CC(CC(CCBr)(C3)C1)C2. The van der Waals surface area contributed by atoms with E-state index in [0.29, 0.717) is 17.3 Å². The van der Waals surface area contributed by atoms with Gasteiger partial charge in [0.2, 0.25) is 0 Å². The first-order valence-electron chi connectivity index (χ1n) is 6.35.